The first kappa shape index (κ1) is 8.21. The molecule has 0 amide bonds. The molecule has 1 rings (SSSR count). The molecule has 1 aromatic rings. The Labute approximate surface area is 70.9 Å². The number of hydrogen-bond donors (Lipinski definition) is 1. The third kappa shape index (κ3) is 2.31. The zero-order valence-electron chi connectivity index (χ0n) is 6.25. The lowest BCUT2D eigenvalue weighted by molar-refractivity contribution is 0.303. The highest BCUT2D eigenvalue weighted by Gasteiger charge is 2.00. The minimum absolute atomic E-state index is 0.348. The molecule has 0 heterocycles. The van der Waals surface area contributed by atoms with E-state index in [9.17, 15) is 0 Å². The van der Waals surface area contributed by atoms with Crippen LogP contribution < -0.4 is 10.5 Å². The Kier molecular flexibility index (Phi) is 2.60. The van der Waals surface area contributed by atoms with Crippen LogP contribution in [0.4, 0.5) is 5.69 Å². The van der Waals surface area contributed by atoms with E-state index in [-0.39, 0.29) is 5.56 Å². The summed E-state index contributed by atoms with van der Waals surface area (Å²) in [4.78, 5) is 0. The molecule has 2 nitrogen and oxygen atoms in total. The average molecular weight is 172 g/mol. The molecule has 1 unspecified atom stereocenters. The minimum atomic E-state index is -0.348. The lowest BCUT2D eigenvalue weighted by Crippen LogP contribution is -2.04. The molecule has 0 spiro atoms. The van der Waals surface area contributed by atoms with Crippen molar-refractivity contribution in [1.29, 1.82) is 0 Å². The van der Waals surface area contributed by atoms with Gasteiger partial charge in [-0.05, 0) is 19.1 Å². The summed E-state index contributed by atoms with van der Waals surface area (Å²) < 4.78 is 5.19. The van der Waals surface area contributed by atoms with Crippen molar-refractivity contribution < 1.29 is 4.74 Å². The smallest absolute Gasteiger partial charge is 0.169 e. The number of nitrogen functional groups attached to an aromatic ring is 1. The summed E-state index contributed by atoms with van der Waals surface area (Å²) in [5.41, 5.74) is 5.85. The molecule has 0 aromatic heterocycles. The fourth-order valence-corrected chi connectivity index (χ4v) is 0.859. The minimum Gasteiger partial charge on any atom is -0.473 e. The number of anilines is 1. The van der Waals surface area contributed by atoms with Crippen molar-refractivity contribution in [1.82, 2.24) is 0 Å². The van der Waals surface area contributed by atoms with Crippen LogP contribution in [0.15, 0.2) is 24.3 Å². The van der Waals surface area contributed by atoms with Gasteiger partial charge in [-0.1, -0.05) is 23.7 Å². The van der Waals surface area contributed by atoms with E-state index >= 15 is 0 Å². The van der Waals surface area contributed by atoms with Crippen LogP contribution in [-0.2, 0) is 0 Å². The van der Waals surface area contributed by atoms with Crippen LogP contribution in [0.25, 0.3) is 0 Å². The maximum Gasteiger partial charge on any atom is 0.169 e. The Balaban J connectivity index is 2.78. The van der Waals surface area contributed by atoms with Gasteiger partial charge in [-0.15, -0.1) is 0 Å². The molecule has 0 saturated heterocycles. The van der Waals surface area contributed by atoms with E-state index in [1.165, 1.54) is 0 Å². The number of rotatable bonds is 2. The SMILES string of the molecule is CC(Cl)Oc1ccccc1N. The monoisotopic (exact) mass is 171 g/mol. The van der Waals surface area contributed by atoms with Crippen molar-refractivity contribution in [3.63, 3.8) is 0 Å². The van der Waals surface area contributed by atoms with Crippen LogP contribution in [0, 0.1) is 0 Å². The number of nitrogens with two attached hydrogens (primary N) is 1. The fourth-order valence-electron chi connectivity index (χ4n) is 0.763. The lowest BCUT2D eigenvalue weighted by atomic mass is 10.3. The van der Waals surface area contributed by atoms with Gasteiger partial charge in [0, 0.05) is 0 Å². The van der Waals surface area contributed by atoms with E-state index in [1.54, 1.807) is 19.1 Å². The molecule has 1 atom stereocenters. The predicted molar refractivity (Wildman–Crippen MR) is 46.8 cm³/mol. The average Bonchev–Trinajstić information content (AvgIpc) is 1.93. The van der Waals surface area contributed by atoms with Gasteiger partial charge < -0.3 is 10.5 Å². The van der Waals surface area contributed by atoms with Gasteiger partial charge in [0.15, 0.2) is 5.56 Å². The van der Waals surface area contributed by atoms with Crippen LogP contribution in [0.1, 0.15) is 6.92 Å². The van der Waals surface area contributed by atoms with E-state index in [2.05, 4.69) is 0 Å². The topological polar surface area (TPSA) is 35.2 Å². The number of alkyl halides is 1. The predicted octanol–water partition coefficient (Wildman–Crippen LogP) is 2.23. The molecule has 0 aliphatic rings. The van der Waals surface area contributed by atoms with Crippen LogP contribution in [0.5, 0.6) is 5.75 Å². The first-order valence-corrected chi connectivity index (χ1v) is 3.79. The van der Waals surface area contributed by atoms with Gasteiger partial charge in [-0.25, -0.2) is 0 Å². The van der Waals surface area contributed by atoms with Gasteiger partial charge in [0.2, 0.25) is 0 Å². The van der Waals surface area contributed by atoms with Crippen LogP contribution in [0.2, 0.25) is 0 Å². The molecule has 0 saturated carbocycles. The van der Waals surface area contributed by atoms with Crippen molar-refractivity contribution in [2.45, 2.75) is 12.5 Å². The third-order valence-corrected chi connectivity index (χ3v) is 1.30. The van der Waals surface area contributed by atoms with Crippen LogP contribution in [-0.4, -0.2) is 5.56 Å². The Morgan fingerprint density at radius 2 is 2.09 bits per heavy atom. The van der Waals surface area contributed by atoms with Crippen molar-refractivity contribution in [2.24, 2.45) is 0 Å². The van der Waals surface area contributed by atoms with Crippen LogP contribution >= 0.6 is 11.6 Å². The van der Waals surface area contributed by atoms with Gasteiger partial charge in [0.1, 0.15) is 5.75 Å². The van der Waals surface area contributed by atoms with Crippen LogP contribution in [0.3, 0.4) is 0 Å². The molecule has 0 radical (unpaired) electrons. The Hall–Kier alpha value is -0.890. The van der Waals surface area contributed by atoms with Crippen molar-refractivity contribution >= 4 is 17.3 Å². The zero-order valence-corrected chi connectivity index (χ0v) is 7.01. The molecular weight excluding hydrogens is 162 g/mol. The molecule has 0 aliphatic carbocycles. The largest absolute Gasteiger partial charge is 0.473 e. The maximum atomic E-state index is 5.61. The van der Waals surface area contributed by atoms with E-state index in [0.717, 1.165) is 0 Å². The number of ether oxygens (including phenoxy) is 1. The van der Waals surface area contributed by atoms with Gasteiger partial charge in [-0.2, -0.15) is 0 Å². The second-order valence-electron chi connectivity index (χ2n) is 2.20. The Morgan fingerprint density at radius 1 is 1.45 bits per heavy atom. The molecule has 1 aromatic carbocycles. The van der Waals surface area contributed by atoms with Crippen molar-refractivity contribution in [3.05, 3.63) is 24.3 Å². The van der Waals surface area contributed by atoms with Gasteiger partial charge in [0.05, 0.1) is 5.69 Å². The quantitative estimate of drug-likeness (QED) is 0.547. The zero-order chi connectivity index (χ0) is 8.27. The Morgan fingerprint density at radius 3 is 2.64 bits per heavy atom. The van der Waals surface area contributed by atoms with E-state index in [0.29, 0.717) is 11.4 Å². The highest BCUT2D eigenvalue weighted by molar-refractivity contribution is 6.19. The van der Waals surface area contributed by atoms with E-state index in [4.69, 9.17) is 22.1 Å². The van der Waals surface area contributed by atoms with Crippen molar-refractivity contribution in [3.8, 4) is 5.75 Å². The Bertz CT molecular complexity index is 237. The second kappa shape index (κ2) is 3.49. The summed E-state index contributed by atoms with van der Waals surface area (Å²) in [6, 6.07) is 7.26. The van der Waals surface area contributed by atoms with E-state index < -0.39 is 0 Å². The molecule has 60 valence electrons. The summed E-state index contributed by atoms with van der Waals surface area (Å²) in [6.07, 6.45) is 0. The summed E-state index contributed by atoms with van der Waals surface area (Å²) in [5, 5.41) is 0. The molecular formula is C8H10ClNO. The first-order valence-electron chi connectivity index (χ1n) is 3.35. The summed E-state index contributed by atoms with van der Waals surface area (Å²) in [6.45, 7) is 1.74. The number of hydrogen-bond acceptors (Lipinski definition) is 2. The molecule has 0 aliphatic heterocycles. The first-order chi connectivity index (χ1) is 5.20. The van der Waals surface area contributed by atoms with Crippen molar-refractivity contribution in [2.75, 3.05) is 5.73 Å². The standard InChI is InChI=1S/C8H10ClNO/c1-6(9)11-8-5-3-2-4-7(8)10/h2-6H,10H2,1H3. The van der Waals surface area contributed by atoms with Gasteiger partial charge in [0.25, 0.3) is 0 Å². The normalized spacial score (nSPS) is 12.5. The number of para-hydroxylation sites is 2. The lowest BCUT2D eigenvalue weighted by Gasteiger charge is -2.09. The third-order valence-electron chi connectivity index (χ3n) is 1.21. The molecule has 3 heteroatoms. The molecule has 11 heavy (non-hydrogen) atoms. The number of benzene rings is 1. The summed E-state index contributed by atoms with van der Waals surface area (Å²) >= 11 is 5.61. The summed E-state index contributed by atoms with van der Waals surface area (Å²) in [5.74, 6) is 0.634. The summed E-state index contributed by atoms with van der Waals surface area (Å²) in [7, 11) is 0. The molecule has 2 N–H and O–H groups in total. The second-order valence-corrected chi connectivity index (χ2v) is 2.81. The highest BCUT2D eigenvalue weighted by Crippen LogP contribution is 2.21. The molecule has 0 fully saturated rings. The highest BCUT2D eigenvalue weighted by atomic mass is 35.5. The van der Waals surface area contributed by atoms with Gasteiger partial charge in [-0.3, -0.25) is 0 Å². The maximum absolute atomic E-state index is 5.61. The van der Waals surface area contributed by atoms with E-state index in [1.807, 2.05) is 12.1 Å². The number of halogens is 1. The molecule has 0 bridgehead atoms. The fraction of sp³-hybridized carbons (Fsp3) is 0.250. The van der Waals surface area contributed by atoms with Gasteiger partial charge >= 0.3 is 0 Å².